The normalized spacial score (nSPS) is 11.3. The molecule has 0 heterocycles. The highest BCUT2D eigenvalue weighted by molar-refractivity contribution is 7.92. The molecule has 0 aromatic heterocycles. The molecule has 0 fully saturated rings. The van der Waals surface area contributed by atoms with Crippen molar-refractivity contribution in [3.05, 3.63) is 59.4 Å². The summed E-state index contributed by atoms with van der Waals surface area (Å²) in [6.07, 6.45) is 0. The molecule has 6 heteroatoms. The zero-order valence-corrected chi connectivity index (χ0v) is 11.6. The molecule has 0 saturated carbocycles. The minimum atomic E-state index is -3.77. The van der Waals surface area contributed by atoms with E-state index in [1.165, 1.54) is 30.3 Å². The third-order valence-corrected chi connectivity index (χ3v) is 4.11. The van der Waals surface area contributed by atoms with Gasteiger partial charge >= 0.3 is 0 Å². The summed E-state index contributed by atoms with van der Waals surface area (Å²) in [5.41, 5.74) is 1.41. The van der Waals surface area contributed by atoms with Gasteiger partial charge in [-0.2, -0.15) is 0 Å². The smallest absolute Gasteiger partial charge is 0.261 e. The number of hydrogen-bond acceptors (Lipinski definition) is 3. The van der Waals surface area contributed by atoms with Gasteiger partial charge in [-0.05, 0) is 48.4 Å². The van der Waals surface area contributed by atoms with Crippen molar-refractivity contribution in [2.75, 3.05) is 4.72 Å². The van der Waals surface area contributed by atoms with Crippen molar-refractivity contribution in [1.82, 2.24) is 0 Å². The van der Waals surface area contributed by atoms with Crippen LogP contribution in [-0.4, -0.2) is 13.5 Å². The molecule has 106 valence electrons. The van der Waals surface area contributed by atoms with Gasteiger partial charge < -0.3 is 5.11 Å². The van der Waals surface area contributed by atoms with Gasteiger partial charge in [-0.3, -0.25) is 4.72 Å². The topological polar surface area (TPSA) is 66.4 Å². The lowest BCUT2D eigenvalue weighted by atomic mass is 10.2. The lowest BCUT2D eigenvalue weighted by Crippen LogP contribution is -2.13. The maximum Gasteiger partial charge on any atom is 0.261 e. The summed E-state index contributed by atoms with van der Waals surface area (Å²) >= 11 is 0. The second-order valence-electron chi connectivity index (χ2n) is 4.42. The summed E-state index contributed by atoms with van der Waals surface area (Å²) in [6.45, 7) is 1.52. The number of rotatable bonds is 4. The van der Waals surface area contributed by atoms with Crippen molar-refractivity contribution in [3.63, 3.8) is 0 Å². The molecular formula is C14H14FNO3S. The van der Waals surface area contributed by atoms with Gasteiger partial charge in [-0.15, -0.1) is 0 Å². The van der Waals surface area contributed by atoms with Gasteiger partial charge in [0.1, 0.15) is 5.82 Å². The minimum Gasteiger partial charge on any atom is -0.392 e. The number of hydrogen-bond donors (Lipinski definition) is 2. The summed E-state index contributed by atoms with van der Waals surface area (Å²) < 4.78 is 39.8. The predicted octanol–water partition coefficient (Wildman–Crippen LogP) is 2.43. The van der Waals surface area contributed by atoms with E-state index in [1.54, 1.807) is 13.0 Å². The Kier molecular flexibility index (Phi) is 4.06. The van der Waals surface area contributed by atoms with Gasteiger partial charge in [-0.25, -0.2) is 12.8 Å². The summed E-state index contributed by atoms with van der Waals surface area (Å²) in [6, 6.07) is 9.79. The first-order valence-corrected chi connectivity index (χ1v) is 7.39. The largest absolute Gasteiger partial charge is 0.392 e. The number of aliphatic hydroxyl groups excluding tert-OH is 1. The summed E-state index contributed by atoms with van der Waals surface area (Å²) in [5, 5.41) is 8.92. The van der Waals surface area contributed by atoms with E-state index >= 15 is 0 Å². The molecule has 20 heavy (non-hydrogen) atoms. The van der Waals surface area contributed by atoms with Gasteiger partial charge in [-0.1, -0.05) is 12.1 Å². The Bertz CT molecular complexity index is 691. The first-order chi connectivity index (χ1) is 9.40. The molecule has 0 amide bonds. The van der Waals surface area contributed by atoms with Crippen molar-refractivity contribution in [2.24, 2.45) is 0 Å². The molecule has 0 saturated heterocycles. The Morgan fingerprint density at radius 1 is 1.15 bits per heavy atom. The van der Waals surface area contributed by atoms with E-state index in [2.05, 4.69) is 4.72 Å². The highest BCUT2D eigenvalue weighted by Gasteiger charge is 2.14. The van der Waals surface area contributed by atoms with Gasteiger partial charge in [0, 0.05) is 0 Å². The molecule has 0 aliphatic rings. The lowest BCUT2D eigenvalue weighted by Gasteiger charge is -2.09. The molecule has 0 radical (unpaired) electrons. The average Bonchev–Trinajstić information content (AvgIpc) is 2.37. The molecule has 0 aliphatic carbocycles. The van der Waals surface area contributed by atoms with Gasteiger partial charge in [0.05, 0.1) is 17.2 Å². The number of anilines is 1. The molecule has 0 unspecified atom stereocenters. The summed E-state index contributed by atoms with van der Waals surface area (Å²) in [5.74, 6) is -0.502. The Labute approximate surface area is 116 Å². The van der Waals surface area contributed by atoms with Crippen LogP contribution in [0.2, 0.25) is 0 Å². The summed E-state index contributed by atoms with van der Waals surface area (Å²) in [4.78, 5) is 0.0524. The van der Waals surface area contributed by atoms with Crippen LogP contribution in [-0.2, 0) is 16.6 Å². The zero-order chi connectivity index (χ0) is 14.8. The monoisotopic (exact) mass is 295 g/mol. The maximum absolute atomic E-state index is 13.2. The van der Waals surface area contributed by atoms with Crippen LogP contribution in [0.1, 0.15) is 11.1 Å². The van der Waals surface area contributed by atoms with Crippen LogP contribution in [0, 0.1) is 12.7 Å². The number of aryl methyl sites for hydroxylation is 1. The van der Waals surface area contributed by atoms with Crippen molar-refractivity contribution in [1.29, 1.82) is 0 Å². The Morgan fingerprint density at radius 3 is 2.35 bits per heavy atom. The molecule has 4 nitrogen and oxygen atoms in total. The summed E-state index contributed by atoms with van der Waals surface area (Å²) in [7, 11) is -3.77. The Balaban J connectivity index is 2.30. The molecule has 2 aromatic carbocycles. The SMILES string of the molecule is Cc1cc(F)cc(NS(=O)(=O)c2ccc(CO)cc2)c1. The van der Waals surface area contributed by atoms with E-state index in [1.807, 2.05) is 0 Å². The molecule has 0 bridgehead atoms. The molecule has 2 aromatic rings. The van der Waals surface area contributed by atoms with Crippen LogP contribution in [0.3, 0.4) is 0 Å². The van der Waals surface area contributed by atoms with Crippen molar-refractivity contribution in [3.8, 4) is 0 Å². The number of halogens is 1. The lowest BCUT2D eigenvalue weighted by molar-refractivity contribution is 0.282. The van der Waals surface area contributed by atoms with Crippen LogP contribution in [0.15, 0.2) is 47.4 Å². The second-order valence-corrected chi connectivity index (χ2v) is 6.11. The van der Waals surface area contributed by atoms with Gasteiger partial charge in [0.25, 0.3) is 10.0 Å². The Morgan fingerprint density at radius 2 is 1.80 bits per heavy atom. The molecular weight excluding hydrogens is 281 g/mol. The highest BCUT2D eigenvalue weighted by atomic mass is 32.2. The first kappa shape index (κ1) is 14.5. The fourth-order valence-electron chi connectivity index (χ4n) is 1.78. The standard InChI is InChI=1S/C14H14FNO3S/c1-10-6-12(15)8-13(7-10)16-20(18,19)14-4-2-11(9-17)3-5-14/h2-8,16-17H,9H2,1H3. The van der Waals surface area contributed by atoms with Crippen molar-refractivity contribution < 1.29 is 17.9 Å². The van der Waals surface area contributed by atoms with E-state index in [4.69, 9.17) is 5.11 Å². The number of aliphatic hydroxyl groups is 1. The maximum atomic E-state index is 13.2. The van der Waals surface area contributed by atoms with E-state index in [9.17, 15) is 12.8 Å². The van der Waals surface area contributed by atoms with Crippen LogP contribution >= 0.6 is 0 Å². The van der Waals surface area contributed by atoms with Gasteiger partial charge in [0.15, 0.2) is 0 Å². The second kappa shape index (κ2) is 5.60. The molecule has 0 spiro atoms. The zero-order valence-electron chi connectivity index (χ0n) is 10.8. The average molecular weight is 295 g/mol. The highest BCUT2D eigenvalue weighted by Crippen LogP contribution is 2.19. The fourth-order valence-corrected chi connectivity index (χ4v) is 2.82. The molecule has 0 aliphatic heterocycles. The Hall–Kier alpha value is -1.92. The minimum absolute atomic E-state index is 0.0524. The van der Waals surface area contributed by atoms with Crippen LogP contribution in [0.4, 0.5) is 10.1 Å². The third-order valence-electron chi connectivity index (χ3n) is 2.71. The fraction of sp³-hybridized carbons (Fsp3) is 0.143. The van der Waals surface area contributed by atoms with Crippen molar-refractivity contribution >= 4 is 15.7 Å². The van der Waals surface area contributed by atoms with E-state index in [-0.39, 0.29) is 17.2 Å². The van der Waals surface area contributed by atoms with Crippen LogP contribution in [0.5, 0.6) is 0 Å². The third kappa shape index (κ3) is 3.34. The molecule has 2 N–H and O–H groups in total. The number of nitrogens with one attached hydrogen (secondary N) is 1. The quantitative estimate of drug-likeness (QED) is 0.910. The molecule has 2 rings (SSSR count). The van der Waals surface area contributed by atoms with E-state index in [0.29, 0.717) is 11.1 Å². The first-order valence-electron chi connectivity index (χ1n) is 5.90. The van der Waals surface area contributed by atoms with Gasteiger partial charge in [0.2, 0.25) is 0 Å². The number of sulfonamides is 1. The van der Waals surface area contributed by atoms with E-state index < -0.39 is 15.8 Å². The molecule has 0 atom stereocenters. The number of benzene rings is 2. The van der Waals surface area contributed by atoms with Crippen molar-refractivity contribution in [2.45, 2.75) is 18.4 Å². The van der Waals surface area contributed by atoms with E-state index in [0.717, 1.165) is 6.07 Å². The van der Waals surface area contributed by atoms with Crippen LogP contribution < -0.4 is 4.72 Å². The predicted molar refractivity (Wildman–Crippen MR) is 74.3 cm³/mol. The van der Waals surface area contributed by atoms with Crippen LogP contribution in [0.25, 0.3) is 0 Å².